The summed E-state index contributed by atoms with van der Waals surface area (Å²) in [5, 5.41) is 8.25. The second-order valence-electron chi connectivity index (χ2n) is 8.64. The summed E-state index contributed by atoms with van der Waals surface area (Å²) in [6.45, 7) is 2.06. The predicted molar refractivity (Wildman–Crippen MR) is 133 cm³/mol. The molecule has 0 radical (unpaired) electrons. The number of rotatable bonds is 8. The fourth-order valence-corrected chi connectivity index (χ4v) is 4.56. The van der Waals surface area contributed by atoms with Crippen LogP contribution in [0, 0.1) is 0 Å². The van der Waals surface area contributed by atoms with E-state index < -0.39 is 0 Å². The molecular weight excluding hydrogens is 424 g/mol. The molecule has 0 aliphatic rings. The van der Waals surface area contributed by atoms with Gasteiger partial charge in [0.15, 0.2) is 5.78 Å². The molecule has 6 nitrogen and oxygen atoms in total. The molecule has 1 N–H and O–H groups in total. The van der Waals surface area contributed by atoms with Crippen LogP contribution in [0.4, 0.5) is 0 Å². The van der Waals surface area contributed by atoms with E-state index in [9.17, 15) is 9.59 Å². The number of hydrogen-bond acceptors (Lipinski definition) is 4. The van der Waals surface area contributed by atoms with Crippen molar-refractivity contribution in [1.82, 2.24) is 19.6 Å². The topological polar surface area (TPSA) is 80.1 Å². The summed E-state index contributed by atoms with van der Waals surface area (Å²) in [6, 6.07) is 25.9. The lowest BCUT2D eigenvalue weighted by Crippen LogP contribution is -2.13. The lowest BCUT2D eigenvalue weighted by atomic mass is 9.86. The number of nitrogens with zero attached hydrogens (tertiary/aromatic N) is 3. The quantitative estimate of drug-likeness (QED) is 0.333. The monoisotopic (exact) mass is 450 g/mol. The molecule has 3 aromatic carbocycles. The summed E-state index contributed by atoms with van der Waals surface area (Å²) in [5.41, 5.74) is 4.31. The summed E-state index contributed by atoms with van der Waals surface area (Å²) in [4.78, 5) is 28.9. The molecule has 0 amide bonds. The van der Waals surface area contributed by atoms with Gasteiger partial charge in [0.05, 0.1) is 11.0 Å². The fourth-order valence-electron chi connectivity index (χ4n) is 4.56. The number of carbonyl (C=O) groups excluding carboxylic acids is 1. The van der Waals surface area contributed by atoms with Gasteiger partial charge in [0, 0.05) is 18.4 Å². The predicted octanol–water partition coefficient (Wildman–Crippen LogP) is 5.12. The van der Waals surface area contributed by atoms with Crippen LogP contribution < -0.4 is 5.56 Å². The van der Waals surface area contributed by atoms with Gasteiger partial charge in [-0.15, -0.1) is 10.2 Å². The van der Waals surface area contributed by atoms with E-state index in [0.29, 0.717) is 17.5 Å². The van der Waals surface area contributed by atoms with Gasteiger partial charge in [-0.2, -0.15) is 0 Å². The first-order valence-corrected chi connectivity index (χ1v) is 11.7. The van der Waals surface area contributed by atoms with Crippen molar-refractivity contribution in [3.63, 3.8) is 0 Å². The Morgan fingerprint density at radius 3 is 2.44 bits per heavy atom. The van der Waals surface area contributed by atoms with Crippen molar-refractivity contribution >= 4 is 22.5 Å². The molecule has 0 aliphatic heterocycles. The van der Waals surface area contributed by atoms with E-state index in [1.54, 1.807) is 10.5 Å². The number of hydrogen-bond donors (Lipinski definition) is 1. The molecule has 5 rings (SSSR count). The summed E-state index contributed by atoms with van der Waals surface area (Å²) in [6.07, 6.45) is 2.78. The van der Waals surface area contributed by atoms with Crippen molar-refractivity contribution < 1.29 is 4.79 Å². The van der Waals surface area contributed by atoms with Crippen LogP contribution in [-0.2, 0) is 12.8 Å². The highest BCUT2D eigenvalue weighted by atomic mass is 16.1. The Morgan fingerprint density at radius 1 is 0.971 bits per heavy atom. The smallest absolute Gasteiger partial charge is 0.294 e. The summed E-state index contributed by atoms with van der Waals surface area (Å²) in [5.74, 6) is 0.854. The van der Waals surface area contributed by atoms with Crippen molar-refractivity contribution in [3.8, 4) is 0 Å². The third-order valence-corrected chi connectivity index (χ3v) is 6.24. The van der Waals surface area contributed by atoms with Gasteiger partial charge in [-0.1, -0.05) is 67.6 Å². The van der Waals surface area contributed by atoms with E-state index in [-0.39, 0.29) is 22.9 Å². The van der Waals surface area contributed by atoms with Crippen LogP contribution >= 0.6 is 0 Å². The Morgan fingerprint density at radius 2 is 1.71 bits per heavy atom. The lowest BCUT2D eigenvalue weighted by Gasteiger charge is -2.17. The Kier molecular flexibility index (Phi) is 6.04. The zero-order valence-corrected chi connectivity index (χ0v) is 19.1. The standard InChI is InChI=1S/C28H26N4O2/c1-2-9-26-30-31-27-28(34)29-23-17-21(14-15-24(23)32(26)27)25(33)18-22(20-12-7-4-8-13-20)16-19-10-5-3-6-11-19/h3-8,10-15,17,22H,2,9,16,18H2,1H3,(H,29,34). The minimum absolute atomic E-state index is 0.0465. The SMILES string of the molecule is CCCc1nnc2c(=O)[nH]c3cc(C(=O)CC(Cc4ccccc4)c4ccccc4)ccc3n12. The summed E-state index contributed by atoms with van der Waals surface area (Å²) >= 11 is 0. The van der Waals surface area contributed by atoms with E-state index in [0.717, 1.165) is 36.2 Å². The van der Waals surface area contributed by atoms with Crippen molar-refractivity contribution in [2.45, 2.75) is 38.5 Å². The van der Waals surface area contributed by atoms with Crippen LogP contribution in [0.15, 0.2) is 83.7 Å². The number of benzene rings is 3. The molecule has 6 heteroatoms. The average Bonchev–Trinajstić information content (AvgIpc) is 3.29. The molecule has 0 saturated heterocycles. The molecule has 1 atom stereocenters. The number of nitrogens with one attached hydrogen (secondary N) is 1. The lowest BCUT2D eigenvalue weighted by molar-refractivity contribution is 0.0973. The van der Waals surface area contributed by atoms with Crippen molar-refractivity contribution in [2.75, 3.05) is 0 Å². The normalized spacial score (nSPS) is 12.3. The maximum atomic E-state index is 13.4. The highest BCUT2D eigenvalue weighted by Gasteiger charge is 2.19. The molecular formula is C28H26N4O2. The third-order valence-electron chi connectivity index (χ3n) is 6.24. The highest BCUT2D eigenvalue weighted by molar-refractivity contribution is 5.99. The van der Waals surface area contributed by atoms with Gasteiger partial charge < -0.3 is 4.98 Å². The molecule has 34 heavy (non-hydrogen) atoms. The minimum Gasteiger partial charge on any atom is -0.317 e. The summed E-state index contributed by atoms with van der Waals surface area (Å²) in [7, 11) is 0. The van der Waals surface area contributed by atoms with Crippen LogP contribution in [0.5, 0.6) is 0 Å². The Hall–Kier alpha value is -4.06. The number of carbonyl (C=O) groups is 1. The second-order valence-corrected chi connectivity index (χ2v) is 8.64. The van der Waals surface area contributed by atoms with Gasteiger partial charge in [0.2, 0.25) is 5.65 Å². The molecule has 0 aliphatic carbocycles. The van der Waals surface area contributed by atoms with Crippen LogP contribution in [0.25, 0.3) is 16.7 Å². The fraction of sp³-hybridized carbons (Fsp3) is 0.214. The average molecular weight is 451 g/mol. The number of aromatic amines is 1. The van der Waals surface area contributed by atoms with Gasteiger partial charge in [0.1, 0.15) is 5.82 Å². The Bertz CT molecular complexity index is 1500. The number of aryl methyl sites for hydroxylation is 1. The Labute approximate surface area is 197 Å². The molecule has 0 bridgehead atoms. The van der Waals surface area contributed by atoms with E-state index in [4.69, 9.17) is 0 Å². The van der Waals surface area contributed by atoms with Gasteiger partial charge in [-0.25, -0.2) is 0 Å². The number of fused-ring (bicyclic) bond motifs is 3. The van der Waals surface area contributed by atoms with Gasteiger partial charge in [0.25, 0.3) is 5.56 Å². The number of ketones is 1. The zero-order valence-electron chi connectivity index (χ0n) is 19.1. The molecule has 2 aromatic heterocycles. The largest absolute Gasteiger partial charge is 0.317 e. The van der Waals surface area contributed by atoms with Gasteiger partial charge in [-0.3, -0.25) is 14.0 Å². The maximum absolute atomic E-state index is 13.4. The molecule has 1 unspecified atom stereocenters. The molecule has 0 spiro atoms. The van der Waals surface area contributed by atoms with Crippen molar-refractivity contribution in [2.24, 2.45) is 0 Å². The molecule has 0 fully saturated rings. The number of H-pyrrole nitrogens is 1. The van der Waals surface area contributed by atoms with Gasteiger partial charge in [-0.05, 0) is 48.1 Å². The first kappa shape index (κ1) is 21.8. The molecule has 5 aromatic rings. The molecule has 0 saturated carbocycles. The maximum Gasteiger partial charge on any atom is 0.294 e. The number of aromatic nitrogens is 4. The summed E-state index contributed by atoms with van der Waals surface area (Å²) < 4.78 is 1.80. The van der Waals surface area contributed by atoms with Crippen molar-refractivity contribution in [3.05, 3.63) is 112 Å². The minimum atomic E-state index is -0.307. The first-order valence-electron chi connectivity index (χ1n) is 11.7. The number of Topliss-reactive ketones (excluding diaryl/α,β-unsaturated/α-hetero) is 1. The highest BCUT2D eigenvalue weighted by Crippen LogP contribution is 2.27. The van der Waals surface area contributed by atoms with Crippen LogP contribution in [-0.4, -0.2) is 25.4 Å². The van der Waals surface area contributed by atoms with E-state index in [1.807, 2.05) is 48.5 Å². The Balaban J connectivity index is 1.49. The van der Waals surface area contributed by atoms with Crippen LogP contribution in [0.3, 0.4) is 0 Å². The van der Waals surface area contributed by atoms with Gasteiger partial charge >= 0.3 is 0 Å². The first-order chi connectivity index (χ1) is 16.6. The second kappa shape index (κ2) is 9.43. The van der Waals surface area contributed by atoms with E-state index >= 15 is 0 Å². The molecule has 2 heterocycles. The third kappa shape index (κ3) is 4.27. The molecule has 170 valence electrons. The van der Waals surface area contributed by atoms with Crippen molar-refractivity contribution in [1.29, 1.82) is 0 Å². The zero-order chi connectivity index (χ0) is 23.5. The van der Waals surface area contributed by atoms with E-state index in [2.05, 4.69) is 46.4 Å². The van der Waals surface area contributed by atoms with Crippen LogP contribution in [0.1, 0.15) is 53.0 Å². The van der Waals surface area contributed by atoms with E-state index in [1.165, 1.54) is 5.56 Å². The van der Waals surface area contributed by atoms with Crippen LogP contribution in [0.2, 0.25) is 0 Å².